The first-order valence-electron chi connectivity index (χ1n) is 9.42. The summed E-state index contributed by atoms with van der Waals surface area (Å²) in [7, 11) is 0. The molecular weight excluding hydrogens is 411 g/mol. The van der Waals surface area contributed by atoms with Gasteiger partial charge in [-0.25, -0.2) is 14.0 Å². The number of hydrogen-bond donors (Lipinski definition) is 2. The number of hydrogen-bond acceptors (Lipinski definition) is 4. The lowest BCUT2D eigenvalue weighted by molar-refractivity contribution is -0.139. The van der Waals surface area contributed by atoms with E-state index in [9.17, 15) is 14.0 Å². The molecule has 0 aromatic heterocycles. The van der Waals surface area contributed by atoms with E-state index in [0.29, 0.717) is 0 Å². The minimum Gasteiger partial charge on any atom is -0.486 e. The normalized spacial score (nSPS) is 16.0. The second kappa shape index (κ2) is 9.17. The van der Waals surface area contributed by atoms with Crippen LogP contribution in [0.3, 0.4) is 0 Å². The Morgan fingerprint density at radius 2 is 1.97 bits per heavy atom. The standard InChI is InChI=1S/C22H22ClFN2O4/c1-4-29-21(27)19-17(11-30-18-8-7-14(24)10-16(18)23)25-22(28)26-20(19)15-9-12(2)5-6-13(15)3/h5-10,20H,4,11H2,1-3H3,(H2,25,26,28)/t20-/m0/s1. The minimum absolute atomic E-state index is 0.0830. The third-order valence-electron chi connectivity index (χ3n) is 4.66. The fourth-order valence-corrected chi connectivity index (χ4v) is 3.45. The molecule has 1 aliphatic rings. The number of carbonyl (C=O) groups is 2. The first-order chi connectivity index (χ1) is 14.3. The van der Waals surface area contributed by atoms with Crippen LogP contribution in [0.2, 0.25) is 5.02 Å². The van der Waals surface area contributed by atoms with Crippen LogP contribution in [0.4, 0.5) is 9.18 Å². The summed E-state index contributed by atoms with van der Waals surface area (Å²) in [6, 6.07) is 8.33. The molecule has 1 aliphatic heterocycles. The maximum absolute atomic E-state index is 13.3. The summed E-state index contributed by atoms with van der Waals surface area (Å²) in [6.07, 6.45) is 0. The number of nitrogens with one attached hydrogen (secondary N) is 2. The van der Waals surface area contributed by atoms with Gasteiger partial charge in [0, 0.05) is 0 Å². The van der Waals surface area contributed by atoms with Gasteiger partial charge < -0.3 is 20.1 Å². The van der Waals surface area contributed by atoms with Crippen LogP contribution in [0, 0.1) is 19.7 Å². The predicted octanol–water partition coefficient (Wildman–Crippen LogP) is 4.35. The molecule has 0 saturated carbocycles. The van der Waals surface area contributed by atoms with Gasteiger partial charge in [-0.1, -0.05) is 35.4 Å². The lowest BCUT2D eigenvalue weighted by Gasteiger charge is -2.30. The monoisotopic (exact) mass is 432 g/mol. The molecule has 0 unspecified atom stereocenters. The van der Waals surface area contributed by atoms with Crippen molar-refractivity contribution in [3.8, 4) is 5.75 Å². The zero-order valence-electron chi connectivity index (χ0n) is 16.8. The second-order valence-electron chi connectivity index (χ2n) is 6.87. The number of ether oxygens (including phenoxy) is 2. The van der Waals surface area contributed by atoms with Crippen molar-refractivity contribution in [3.05, 3.63) is 75.2 Å². The van der Waals surface area contributed by atoms with Crippen molar-refractivity contribution in [2.75, 3.05) is 13.2 Å². The molecule has 0 fully saturated rings. The molecule has 1 atom stereocenters. The van der Waals surface area contributed by atoms with Crippen LogP contribution in [0.1, 0.15) is 29.7 Å². The fourth-order valence-electron chi connectivity index (χ4n) is 3.23. The van der Waals surface area contributed by atoms with E-state index in [1.54, 1.807) is 6.92 Å². The molecule has 0 aliphatic carbocycles. The molecule has 8 heteroatoms. The first-order valence-corrected chi connectivity index (χ1v) is 9.80. The Bertz CT molecular complexity index is 1020. The number of rotatable bonds is 6. The molecular formula is C22H22ClFN2O4. The van der Waals surface area contributed by atoms with E-state index >= 15 is 0 Å². The Kier molecular flexibility index (Phi) is 6.62. The quantitative estimate of drug-likeness (QED) is 0.665. The molecule has 2 aromatic carbocycles. The van der Waals surface area contributed by atoms with Crippen LogP contribution in [0.5, 0.6) is 5.75 Å². The van der Waals surface area contributed by atoms with Crippen molar-refractivity contribution >= 4 is 23.6 Å². The van der Waals surface area contributed by atoms with Crippen LogP contribution < -0.4 is 15.4 Å². The molecule has 2 amide bonds. The van der Waals surface area contributed by atoms with Gasteiger partial charge in [0.05, 0.1) is 28.9 Å². The van der Waals surface area contributed by atoms with Crippen molar-refractivity contribution in [2.45, 2.75) is 26.8 Å². The molecule has 0 radical (unpaired) electrons. The summed E-state index contributed by atoms with van der Waals surface area (Å²) >= 11 is 6.01. The van der Waals surface area contributed by atoms with Gasteiger partial charge in [-0.15, -0.1) is 0 Å². The number of esters is 1. The summed E-state index contributed by atoms with van der Waals surface area (Å²) in [6.45, 7) is 5.55. The molecule has 158 valence electrons. The molecule has 3 rings (SSSR count). The second-order valence-corrected chi connectivity index (χ2v) is 7.27. The summed E-state index contributed by atoms with van der Waals surface area (Å²) in [4.78, 5) is 25.2. The van der Waals surface area contributed by atoms with Crippen LogP contribution >= 0.6 is 11.6 Å². The van der Waals surface area contributed by atoms with Crippen molar-refractivity contribution in [1.82, 2.24) is 10.6 Å². The van der Waals surface area contributed by atoms with Crippen LogP contribution in [0.15, 0.2) is 47.7 Å². The largest absolute Gasteiger partial charge is 0.486 e. The topological polar surface area (TPSA) is 76.7 Å². The number of urea groups is 1. The minimum atomic E-state index is -0.708. The van der Waals surface area contributed by atoms with Gasteiger partial charge in [0.1, 0.15) is 18.2 Å². The van der Waals surface area contributed by atoms with Crippen LogP contribution in [0.25, 0.3) is 0 Å². The van der Waals surface area contributed by atoms with Gasteiger partial charge in [0.2, 0.25) is 0 Å². The third-order valence-corrected chi connectivity index (χ3v) is 4.96. The Balaban J connectivity index is 2.02. The van der Waals surface area contributed by atoms with E-state index in [0.717, 1.165) is 22.8 Å². The molecule has 0 saturated heterocycles. The number of aryl methyl sites for hydroxylation is 2. The first kappa shape index (κ1) is 21.6. The fraction of sp³-hybridized carbons (Fsp3) is 0.273. The summed E-state index contributed by atoms with van der Waals surface area (Å²) in [5.74, 6) is -0.839. The highest BCUT2D eigenvalue weighted by atomic mass is 35.5. The Morgan fingerprint density at radius 3 is 2.67 bits per heavy atom. The van der Waals surface area contributed by atoms with Crippen molar-refractivity contribution in [3.63, 3.8) is 0 Å². The maximum Gasteiger partial charge on any atom is 0.338 e. The SMILES string of the molecule is CCOC(=O)C1=C(COc2ccc(F)cc2Cl)NC(=O)N[C@H]1c1cc(C)ccc1C. The molecule has 0 spiro atoms. The van der Waals surface area contributed by atoms with E-state index in [2.05, 4.69) is 10.6 Å². The zero-order chi connectivity index (χ0) is 21.8. The van der Waals surface area contributed by atoms with Crippen molar-refractivity contribution in [1.29, 1.82) is 0 Å². The van der Waals surface area contributed by atoms with Gasteiger partial charge in [-0.2, -0.15) is 0 Å². The van der Waals surface area contributed by atoms with Gasteiger partial charge in [-0.05, 0) is 50.1 Å². The average Bonchev–Trinajstić information content (AvgIpc) is 2.68. The Morgan fingerprint density at radius 1 is 1.20 bits per heavy atom. The summed E-state index contributed by atoms with van der Waals surface area (Å²) in [5.41, 5.74) is 3.18. The molecule has 6 nitrogen and oxygen atoms in total. The highest BCUT2D eigenvalue weighted by Gasteiger charge is 2.34. The van der Waals surface area contributed by atoms with Gasteiger partial charge in [0.15, 0.2) is 0 Å². The predicted molar refractivity (Wildman–Crippen MR) is 111 cm³/mol. The molecule has 1 heterocycles. The highest BCUT2D eigenvalue weighted by molar-refractivity contribution is 6.32. The summed E-state index contributed by atoms with van der Waals surface area (Å²) < 4.78 is 24.2. The highest BCUT2D eigenvalue weighted by Crippen LogP contribution is 2.31. The number of halogens is 2. The smallest absolute Gasteiger partial charge is 0.338 e. The van der Waals surface area contributed by atoms with Crippen LogP contribution in [-0.4, -0.2) is 25.2 Å². The lowest BCUT2D eigenvalue weighted by Crippen LogP contribution is -2.47. The molecule has 2 aromatic rings. The van der Waals surface area contributed by atoms with Crippen molar-refractivity contribution in [2.24, 2.45) is 0 Å². The lowest BCUT2D eigenvalue weighted by atomic mass is 9.91. The van der Waals surface area contributed by atoms with E-state index in [-0.39, 0.29) is 35.3 Å². The number of carbonyl (C=O) groups excluding carboxylic acids is 2. The summed E-state index contributed by atoms with van der Waals surface area (Å²) in [5, 5.41) is 5.51. The van der Waals surface area contributed by atoms with E-state index in [1.165, 1.54) is 12.1 Å². The van der Waals surface area contributed by atoms with Crippen LogP contribution in [-0.2, 0) is 9.53 Å². The van der Waals surface area contributed by atoms with Gasteiger partial charge in [-0.3, -0.25) is 0 Å². The van der Waals surface area contributed by atoms with E-state index in [1.807, 2.05) is 32.0 Å². The number of benzene rings is 2. The zero-order valence-corrected chi connectivity index (χ0v) is 17.6. The third kappa shape index (κ3) is 4.74. The Hall–Kier alpha value is -3.06. The average molecular weight is 433 g/mol. The molecule has 2 N–H and O–H groups in total. The maximum atomic E-state index is 13.3. The number of amides is 2. The van der Waals surface area contributed by atoms with Gasteiger partial charge >= 0.3 is 12.0 Å². The van der Waals surface area contributed by atoms with E-state index in [4.69, 9.17) is 21.1 Å². The van der Waals surface area contributed by atoms with E-state index < -0.39 is 23.9 Å². The molecule has 30 heavy (non-hydrogen) atoms. The molecule has 0 bridgehead atoms. The van der Waals surface area contributed by atoms with Crippen molar-refractivity contribution < 1.29 is 23.5 Å². The Labute approximate surface area is 179 Å². The van der Waals surface area contributed by atoms with Gasteiger partial charge in [0.25, 0.3) is 0 Å².